The zero-order chi connectivity index (χ0) is 15.4. The molecule has 6 nitrogen and oxygen atoms in total. The number of nitrogens with one attached hydrogen (secondary N) is 3. The molecule has 1 aromatic rings. The number of hydrogen-bond donors (Lipinski definition) is 3. The molecule has 1 aromatic heterocycles. The van der Waals surface area contributed by atoms with E-state index in [-0.39, 0.29) is 36.0 Å². The van der Waals surface area contributed by atoms with Crippen molar-refractivity contribution < 1.29 is 4.79 Å². The summed E-state index contributed by atoms with van der Waals surface area (Å²) in [5, 5.41) is 12.8. The Morgan fingerprint density at radius 2 is 2.09 bits per heavy atom. The first kappa shape index (κ1) is 18.6. The van der Waals surface area contributed by atoms with Crippen LogP contribution in [-0.4, -0.2) is 34.7 Å². The number of amides is 1. The van der Waals surface area contributed by atoms with Crippen LogP contribution in [0.3, 0.4) is 0 Å². The molecule has 2 atom stereocenters. The van der Waals surface area contributed by atoms with E-state index in [1.807, 2.05) is 13.8 Å². The molecule has 2 unspecified atom stereocenters. The van der Waals surface area contributed by atoms with Gasteiger partial charge in [0.05, 0.1) is 5.69 Å². The normalized spacial score (nSPS) is 21.0. The Labute approximate surface area is 136 Å². The van der Waals surface area contributed by atoms with E-state index in [4.69, 9.17) is 0 Å². The van der Waals surface area contributed by atoms with Crippen LogP contribution in [0.4, 0.5) is 0 Å². The lowest BCUT2D eigenvalue weighted by Gasteiger charge is -2.30. The largest absolute Gasteiger partial charge is 0.348 e. The number of hydrogen-bond acceptors (Lipinski definition) is 4. The first-order chi connectivity index (χ1) is 10.1. The summed E-state index contributed by atoms with van der Waals surface area (Å²) < 4.78 is 0. The fourth-order valence-corrected chi connectivity index (χ4v) is 2.92. The highest BCUT2D eigenvalue weighted by Gasteiger charge is 2.25. The van der Waals surface area contributed by atoms with Gasteiger partial charge in [-0.25, -0.2) is 5.10 Å². The number of H-pyrrole nitrogens is 1. The quantitative estimate of drug-likeness (QED) is 0.774. The molecule has 1 fully saturated rings. The van der Waals surface area contributed by atoms with Gasteiger partial charge in [-0.1, -0.05) is 13.8 Å². The van der Waals surface area contributed by atoms with E-state index in [0.717, 1.165) is 30.6 Å². The average Bonchev–Trinajstić information content (AvgIpc) is 2.48. The molecule has 3 N–H and O–H groups in total. The van der Waals surface area contributed by atoms with E-state index in [0.29, 0.717) is 12.8 Å². The van der Waals surface area contributed by atoms with Crippen molar-refractivity contribution in [1.82, 2.24) is 20.8 Å². The molecule has 0 radical (unpaired) electrons. The summed E-state index contributed by atoms with van der Waals surface area (Å²) in [5.74, 6) is -0.286. The molecule has 0 spiro atoms. The predicted molar refractivity (Wildman–Crippen MR) is 88.8 cm³/mol. The zero-order valence-corrected chi connectivity index (χ0v) is 14.2. The van der Waals surface area contributed by atoms with E-state index in [2.05, 4.69) is 27.8 Å². The lowest BCUT2D eigenvalue weighted by molar-refractivity contribution is 0.0917. The molecule has 0 aliphatic carbocycles. The van der Waals surface area contributed by atoms with Crippen LogP contribution in [0, 0.1) is 0 Å². The third-order valence-electron chi connectivity index (χ3n) is 4.16. The average molecular weight is 329 g/mol. The van der Waals surface area contributed by atoms with Crippen LogP contribution in [0.2, 0.25) is 0 Å². The summed E-state index contributed by atoms with van der Waals surface area (Å²) in [5.41, 5.74) is 1.37. The van der Waals surface area contributed by atoms with Gasteiger partial charge < -0.3 is 10.6 Å². The minimum absolute atomic E-state index is 0. The van der Waals surface area contributed by atoms with Crippen LogP contribution in [0.1, 0.15) is 55.2 Å². The number of carbonyl (C=O) groups is 1. The Bertz CT molecular complexity index is 573. The molecule has 22 heavy (non-hydrogen) atoms. The predicted octanol–water partition coefficient (Wildman–Crippen LogP) is 1.19. The number of aryl methyl sites for hydroxylation is 1. The zero-order valence-electron chi connectivity index (χ0n) is 13.4. The molecule has 0 aromatic carbocycles. The van der Waals surface area contributed by atoms with Gasteiger partial charge in [-0.3, -0.25) is 9.59 Å². The number of halogens is 1. The van der Waals surface area contributed by atoms with Gasteiger partial charge in [-0.2, -0.15) is 5.10 Å². The maximum Gasteiger partial charge on any atom is 0.277 e. The van der Waals surface area contributed by atoms with Crippen LogP contribution in [0.15, 0.2) is 4.79 Å². The van der Waals surface area contributed by atoms with Crippen molar-refractivity contribution in [3.05, 3.63) is 27.2 Å². The van der Waals surface area contributed by atoms with Gasteiger partial charge in [0.25, 0.3) is 11.5 Å². The van der Waals surface area contributed by atoms with Crippen molar-refractivity contribution in [2.45, 2.75) is 58.5 Å². The van der Waals surface area contributed by atoms with Crippen LogP contribution in [0.25, 0.3) is 0 Å². The van der Waals surface area contributed by atoms with Gasteiger partial charge in [0, 0.05) is 12.1 Å². The summed E-state index contributed by atoms with van der Waals surface area (Å²) in [6, 6.07) is 0.285. The van der Waals surface area contributed by atoms with Gasteiger partial charge in [-0.15, -0.1) is 12.4 Å². The SMILES string of the molecule is CCc1n[nH]c(=O)c(C(=O)NC2CCCNC2C)c1CC.Cl. The maximum atomic E-state index is 12.5. The molecule has 1 saturated heterocycles. The molecule has 124 valence electrons. The van der Waals surface area contributed by atoms with Crippen LogP contribution < -0.4 is 16.2 Å². The minimum Gasteiger partial charge on any atom is -0.348 e. The smallest absolute Gasteiger partial charge is 0.277 e. The van der Waals surface area contributed by atoms with Crippen molar-refractivity contribution in [2.24, 2.45) is 0 Å². The number of nitrogens with zero attached hydrogens (tertiary/aromatic N) is 1. The summed E-state index contributed by atoms with van der Waals surface area (Å²) in [7, 11) is 0. The molecule has 2 heterocycles. The van der Waals surface area contributed by atoms with E-state index in [1.54, 1.807) is 0 Å². The molecule has 2 rings (SSSR count). The maximum absolute atomic E-state index is 12.5. The van der Waals surface area contributed by atoms with Crippen molar-refractivity contribution >= 4 is 18.3 Å². The minimum atomic E-state index is -0.405. The van der Waals surface area contributed by atoms with Gasteiger partial charge in [0.2, 0.25) is 0 Å². The van der Waals surface area contributed by atoms with E-state index < -0.39 is 5.56 Å². The number of rotatable bonds is 4. The topological polar surface area (TPSA) is 86.9 Å². The first-order valence-corrected chi connectivity index (χ1v) is 7.73. The monoisotopic (exact) mass is 328 g/mol. The van der Waals surface area contributed by atoms with Gasteiger partial charge in [0.1, 0.15) is 5.56 Å². The molecule has 1 amide bonds. The lowest BCUT2D eigenvalue weighted by Crippen LogP contribution is -2.52. The molecule has 0 saturated carbocycles. The molecule has 7 heteroatoms. The highest BCUT2D eigenvalue weighted by molar-refractivity contribution is 5.95. The van der Waals surface area contributed by atoms with Crippen molar-refractivity contribution in [1.29, 1.82) is 0 Å². The number of aromatic amines is 1. The van der Waals surface area contributed by atoms with Crippen LogP contribution in [0.5, 0.6) is 0 Å². The Balaban J connectivity index is 0.00000242. The summed E-state index contributed by atoms with van der Waals surface area (Å²) in [6.07, 6.45) is 3.29. The Morgan fingerprint density at radius 3 is 2.68 bits per heavy atom. The lowest BCUT2D eigenvalue weighted by atomic mass is 9.98. The third kappa shape index (κ3) is 3.87. The van der Waals surface area contributed by atoms with Crippen LogP contribution >= 0.6 is 12.4 Å². The van der Waals surface area contributed by atoms with E-state index in [1.165, 1.54) is 0 Å². The van der Waals surface area contributed by atoms with Gasteiger partial charge >= 0.3 is 0 Å². The third-order valence-corrected chi connectivity index (χ3v) is 4.16. The summed E-state index contributed by atoms with van der Waals surface area (Å²) in [4.78, 5) is 24.6. The highest BCUT2D eigenvalue weighted by atomic mass is 35.5. The van der Waals surface area contributed by atoms with E-state index in [9.17, 15) is 9.59 Å². The van der Waals surface area contributed by atoms with Crippen molar-refractivity contribution in [2.75, 3.05) is 6.54 Å². The Kier molecular flexibility index (Phi) is 7.03. The summed E-state index contributed by atoms with van der Waals surface area (Å²) >= 11 is 0. The van der Waals surface area contributed by atoms with Gasteiger partial charge in [0.15, 0.2) is 0 Å². The Hall–Kier alpha value is -1.40. The highest BCUT2D eigenvalue weighted by Crippen LogP contribution is 2.13. The molecule has 1 aliphatic heterocycles. The van der Waals surface area contributed by atoms with E-state index >= 15 is 0 Å². The second-order valence-electron chi connectivity index (χ2n) is 5.53. The molecular formula is C15H25ClN4O2. The van der Waals surface area contributed by atoms with Crippen LogP contribution in [-0.2, 0) is 12.8 Å². The molecule has 0 bridgehead atoms. The van der Waals surface area contributed by atoms with Gasteiger partial charge in [-0.05, 0) is 44.7 Å². The number of piperidine rings is 1. The van der Waals surface area contributed by atoms with Crippen molar-refractivity contribution in [3.8, 4) is 0 Å². The van der Waals surface area contributed by atoms with Crippen molar-refractivity contribution in [3.63, 3.8) is 0 Å². The molecule has 1 aliphatic rings. The fourth-order valence-electron chi connectivity index (χ4n) is 2.92. The molecular weight excluding hydrogens is 304 g/mol. The second-order valence-corrected chi connectivity index (χ2v) is 5.53. The fraction of sp³-hybridized carbons (Fsp3) is 0.667. The summed E-state index contributed by atoms with van der Waals surface area (Å²) in [6.45, 7) is 6.94. The number of aromatic nitrogens is 2. The number of carbonyl (C=O) groups excluding carboxylic acids is 1. The Morgan fingerprint density at radius 1 is 1.36 bits per heavy atom. The standard InChI is InChI=1S/C15H24N4O2.ClH/c1-4-10-11(5-2)18-19-15(21)13(10)14(20)17-12-7-6-8-16-9(12)3;/h9,12,16H,4-8H2,1-3H3,(H,17,20)(H,19,21);1H. The second kappa shape index (κ2) is 8.29. The first-order valence-electron chi connectivity index (χ1n) is 7.73.